The van der Waals surface area contributed by atoms with Crippen molar-refractivity contribution in [1.29, 1.82) is 0 Å². The zero-order chi connectivity index (χ0) is 16.0. The average Bonchev–Trinajstić information content (AvgIpc) is 2.52. The average molecular weight is 334 g/mol. The number of rotatable bonds is 6. The first-order valence-electron chi connectivity index (χ1n) is 6.74. The summed E-state index contributed by atoms with van der Waals surface area (Å²) in [6.07, 6.45) is 0. The zero-order valence-electron chi connectivity index (χ0n) is 12.5. The number of hydrogen-bond donors (Lipinski definition) is 0. The summed E-state index contributed by atoms with van der Waals surface area (Å²) in [5.74, 6) is 1.52. The van der Waals surface area contributed by atoms with Crippen LogP contribution in [-0.2, 0) is 15.6 Å². The molecule has 0 aromatic heterocycles. The normalized spacial score (nSPS) is 11.7. The standard InChI is InChI=1S/C17H18O3S2/c1-14-3-9-17(10-4-14)22(18,19)12-11-21-13-15-5-7-16(20-2)8-6-15/h3-12H,13H2,1-2H3/b12-11-. The lowest BCUT2D eigenvalue weighted by molar-refractivity contribution is 0.414. The summed E-state index contributed by atoms with van der Waals surface area (Å²) >= 11 is 1.44. The van der Waals surface area contributed by atoms with Gasteiger partial charge in [-0.25, -0.2) is 8.42 Å². The van der Waals surface area contributed by atoms with Crippen LogP contribution < -0.4 is 4.74 Å². The van der Waals surface area contributed by atoms with Crippen molar-refractivity contribution in [1.82, 2.24) is 0 Å². The Hall–Kier alpha value is -1.72. The van der Waals surface area contributed by atoms with E-state index in [1.807, 2.05) is 31.2 Å². The summed E-state index contributed by atoms with van der Waals surface area (Å²) in [5.41, 5.74) is 2.15. The topological polar surface area (TPSA) is 43.4 Å². The lowest BCUT2D eigenvalue weighted by Gasteiger charge is -2.02. The fraction of sp³-hybridized carbons (Fsp3) is 0.176. The maximum absolute atomic E-state index is 12.1. The Labute approximate surface area is 135 Å². The SMILES string of the molecule is COc1ccc(CS/C=C\S(=O)(=O)c2ccc(C)cc2)cc1. The molecule has 0 amide bonds. The maximum Gasteiger partial charge on any atom is 0.200 e. The number of methoxy groups -OCH3 is 1. The van der Waals surface area contributed by atoms with Crippen molar-refractivity contribution < 1.29 is 13.2 Å². The van der Waals surface area contributed by atoms with Gasteiger partial charge in [0.2, 0.25) is 0 Å². The number of ether oxygens (including phenoxy) is 1. The summed E-state index contributed by atoms with van der Waals surface area (Å²) in [6.45, 7) is 1.93. The lowest BCUT2D eigenvalue weighted by Crippen LogP contribution is -1.95. The van der Waals surface area contributed by atoms with Crippen LogP contribution >= 0.6 is 11.8 Å². The molecule has 22 heavy (non-hydrogen) atoms. The van der Waals surface area contributed by atoms with Crippen LogP contribution in [-0.4, -0.2) is 15.5 Å². The van der Waals surface area contributed by atoms with Crippen LogP contribution in [0.4, 0.5) is 0 Å². The number of sulfone groups is 1. The molecule has 0 atom stereocenters. The molecule has 0 fully saturated rings. The molecule has 2 aromatic rings. The Morgan fingerprint density at radius 3 is 2.27 bits per heavy atom. The van der Waals surface area contributed by atoms with E-state index in [2.05, 4.69) is 0 Å². The van der Waals surface area contributed by atoms with Gasteiger partial charge in [0.1, 0.15) is 5.75 Å². The minimum atomic E-state index is -3.36. The predicted molar refractivity (Wildman–Crippen MR) is 91.8 cm³/mol. The molecule has 0 heterocycles. The van der Waals surface area contributed by atoms with E-state index in [0.29, 0.717) is 10.6 Å². The molecule has 0 aliphatic rings. The first-order chi connectivity index (χ1) is 10.5. The summed E-state index contributed by atoms with van der Waals surface area (Å²) in [6, 6.07) is 14.6. The Balaban J connectivity index is 1.94. The van der Waals surface area contributed by atoms with Gasteiger partial charge in [-0.15, -0.1) is 11.8 Å². The third-order valence-corrected chi connectivity index (χ3v) is 5.51. The van der Waals surface area contributed by atoms with Crippen molar-refractivity contribution in [2.45, 2.75) is 17.6 Å². The second-order valence-corrected chi connectivity index (χ2v) is 7.52. The molecule has 0 N–H and O–H groups in total. The molecule has 0 radical (unpaired) electrons. The number of aryl methyl sites for hydroxylation is 1. The van der Waals surface area contributed by atoms with Crippen LogP contribution in [0.2, 0.25) is 0 Å². The molecule has 0 aliphatic carbocycles. The smallest absolute Gasteiger partial charge is 0.200 e. The van der Waals surface area contributed by atoms with Gasteiger partial charge in [0, 0.05) is 11.2 Å². The van der Waals surface area contributed by atoms with Gasteiger partial charge in [0.15, 0.2) is 9.84 Å². The molecule has 5 heteroatoms. The molecule has 3 nitrogen and oxygen atoms in total. The number of benzene rings is 2. The van der Waals surface area contributed by atoms with E-state index in [-0.39, 0.29) is 0 Å². The molecule has 2 aromatic carbocycles. The van der Waals surface area contributed by atoms with Gasteiger partial charge >= 0.3 is 0 Å². The third-order valence-electron chi connectivity index (χ3n) is 3.09. The fourth-order valence-electron chi connectivity index (χ4n) is 1.79. The zero-order valence-corrected chi connectivity index (χ0v) is 14.2. The molecule has 0 saturated heterocycles. The van der Waals surface area contributed by atoms with Crippen LogP contribution in [0.5, 0.6) is 5.75 Å². The molecule has 0 bridgehead atoms. The number of thioether (sulfide) groups is 1. The quantitative estimate of drug-likeness (QED) is 0.795. The van der Waals surface area contributed by atoms with E-state index in [1.54, 1.807) is 36.8 Å². The third kappa shape index (κ3) is 4.64. The van der Waals surface area contributed by atoms with Gasteiger partial charge in [-0.1, -0.05) is 29.8 Å². The molecule has 0 saturated carbocycles. The van der Waals surface area contributed by atoms with Crippen molar-refractivity contribution in [3.8, 4) is 5.75 Å². The van der Waals surface area contributed by atoms with E-state index in [0.717, 1.165) is 16.9 Å². The van der Waals surface area contributed by atoms with E-state index >= 15 is 0 Å². The van der Waals surface area contributed by atoms with Gasteiger partial charge in [0.05, 0.1) is 12.0 Å². The molecule has 0 spiro atoms. The van der Waals surface area contributed by atoms with Gasteiger partial charge in [0.25, 0.3) is 0 Å². The molecule has 0 aliphatic heterocycles. The van der Waals surface area contributed by atoms with Crippen molar-refractivity contribution in [3.05, 3.63) is 70.5 Å². The largest absolute Gasteiger partial charge is 0.497 e. The Morgan fingerprint density at radius 2 is 1.68 bits per heavy atom. The Morgan fingerprint density at radius 1 is 1.05 bits per heavy atom. The summed E-state index contributed by atoms with van der Waals surface area (Å²) in [5, 5.41) is 2.88. The van der Waals surface area contributed by atoms with Crippen molar-refractivity contribution >= 4 is 21.6 Å². The van der Waals surface area contributed by atoms with Crippen molar-refractivity contribution in [2.75, 3.05) is 7.11 Å². The fourth-order valence-corrected chi connectivity index (χ4v) is 3.84. The van der Waals surface area contributed by atoms with E-state index in [4.69, 9.17) is 4.74 Å². The van der Waals surface area contributed by atoms with E-state index < -0.39 is 9.84 Å². The molecular weight excluding hydrogens is 316 g/mol. The van der Waals surface area contributed by atoms with Crippen molar-refractivity contribution in [3.63, 3.8) is 0 Å². The van der Waals surface area contributed by atoms with E-state index in [9.17, 15) is 8.42 Å². The maximum atomic E-state index is 12.1. The van der Waals surface area contributed by atoms with Crippen LogP contribution in [0.3, 0.4) is 0 Å². The summed E-state index contributed by atoms with van der Waals surface area (Å²) in [7, 11) is -1.74. The monoisotopic (exact) mass is 334 g/mol. The first kappa shape index (κ1) is 16.6. The summed E-state index contributed by atoms with van der Waals surface area (Å²) in [4.78, 5) is 0.319. The minimum absolute atomic E-state index is 0.319. The van der Waals surface area contributed by atoms with Gasteiger partial charge < -0.3 is 4.74 Å². The highest BCUT2D eigenvalue weighted by molar-refractivity contribution is 8.02. The Bertz CT molecular complexity index is 730. The van der Waals surface area contributed by atoms with Gasteiger partial charge in [-0.3, -0.25) is 0 Å². The predicted octanol–water partition coefficient (Wildman–Crippen LogP) is 4.18. The van der Waals surface area contributed by atoms with E-state index in [1.165, 1.54) is 17.2 Å². The molecule has 0 unspecified atom stereocenters. The lowest BCUT2D eigenvalue weighted by atomic mass is 10.2. The molecular formula is C17H18O3S2. The summed E-state index contributed by atoms with van der Waals surface area (Å²) < 4.78 is 29.3. The molecule has 116 valence electrons. The second-order valence-electron chi connectivity index (χ2n) is 4.79. The molecule has 2 rings (SSSR count). The van der Waals surface area contributed by atoms with Crippen LogP contribution in [0.25, 0.3) is 0 Å². The van der Waals surface area contributed by atoms with Crippen LogP contribution in [0.15, 0.2) is 64.2 Å². The Kier molecular flexibility index (Phi) is 5.69. The van der Waals surface area contributed by atoms with Crippen molar-refractivity contribution in [2.24, 2.45) is 0 Å². The number of hydrogen-bond acceptors (Lipinski definition) is 4. The van der Waals surface area contributed by atoms with Crippen LogP contribution in [0.1, 0.15) is 11.1 Å². The van der Waals surface area contributed by atoms with Gasteiger partial charge in [-0.05, 0) is 42.2 Å². The second kappa shape index (κ2) is 7.51. The first-order valence-corrected chi connectivity index (χ1v) is 9.33. The van der Waals surface area contributed by atoms with Crippen LogP contribution in [0, 0.1) is 6.92 Å². The highest BCUT2D eigenvalue weighted by Gasteiger charge is 2.09. The minimum Gasteiger partial charge on any atom is -0.497 e. The van der Waals surface area contributed by atoms with Gasteiger partial charge in [-0.2, -0.15) is 0 Å². The highest BCUT2D eigenvalue weighted by Crippen LogP contribution is 2.19. The highest BCUT2D eigenvalue weighted by atomic mass is 32.2.